The Labute approximate surface area is 99.3 Å². The molecule has 94 valence electrons. The normalized spacial score (nSPS) is 20.2. The van der Waals surface area contributed by atoms with Gasteiger partial charge >= 0.3 is 0 Å². The summed E-state index contributed by atoms with van der Waals surface area (Å²) >= 11 is 0. The topological polar surface area (TPSA) is 95.1 Å². The van der Waals surface area contributed by atoms with Gasteiger partial charge in [-0.25, -0.2) is 0 Å². The SMILES string of the molecule is NCCn1cc(C(=O)NC2CCCOC2)nn1. The first-order chi connectivity index (χ1) is 8.29. The van der Waals surface area contributed by atoms with Crippen LogP contribution >= 0.6 is 0 Å². The van der Waals surface area contributed by atoms with E-state index in [1.807, 2.05) is 0 Å². The van der Waals surface area contributed by atoms with Crippen molar-refractivity contribution in [1.82, 2.24) is 20.3 Å². The molecule has 0 aromatic carbocycles. The second-order valence-electron chi connectivity index (χ2n) is 4.04. The number of rotatable bonds is 4. The minimum absolute atomic E-state index is 0.0795. The van der Waals surface area contributed by atoms with Crippen molar-refractivity contribution >= 4 is 5.91 Å². The standard InChI is InChI=1S/C10H17N5O2/c11-3-4-15-6-9(13-14-15)10(16)12-8-2-1-5-17-7-8/h6,8H,1-5,7,11H2,(H,12,16). The van der Waals surface area contributed by atoms with E-state index in [2.05, 4.69) is 15.6 Å². The molecule has 2 rings (SSSR count). The predicted octanol–water partition coefficient (Wildman–Crippen LogP) is -0.854. The Morgan fingerprint density at radius 3 is 3.29 bits per heavy atom. The Kier molecular flexibility index (Phi) is 4.05. The number of amides is 1. The third-order valence-corrected chi connectivity index (χ3v) is 2.63. The van der Waals surface area contributed by atoms with Gasteiger partial charge in [0.1, 0.15) is 0 Å². The van der Waals surface area contributed by atoms with Crippen LogP contribution in [0.1, 0.15) is 23.3 Å². The molecule has 1 aliphatic heterocycles. The van der Waals surface area contributed by atoms with Gasteiger partial charge in [0.05, 0.1) is 25.4 Å². The zero-order chi connectivity index (χ0) is 12.1. The Bertz CT molecular complexity index is 373. The molecule has 1 aromatic rings. The van der Waals surface area contributed by atoms with Crippen LogP contribution in [0.15, 0.2) is 6.20 Å². The summed E-state index contributed by atoms with van der Waals surface area (Å²) < 4.78 is 6.85. The maximum Gasteiger partial charge on any atom is 0.273 e. The molecular formula is C10H17N5O2. The van der Waals surface area contributed by atoms with Crippen LogP contribution in [-0.2, 0) is 11.3 Å². The molecule has 2 heterocycles. The van der Waals surface area contributed by atoms with Crippen molar-refractivity contribution < 1.29 is 9.53 Å². The summed E-state index contributed by atoms with van der Waals surface area (Å²) in [6, 6.07) is 0.0795. The minimum atomic E-state index is -0.205. The van der Waals surface area contributed by atoms with Crippen LogP contribution in [0, 0.1) is 0 Å². The molecule has 1 fully saturated rings. The zero-order valence-corrected chi connectivity index (χ0v) is 9.63. The quantitative estimate of drug-likeness (QED) is 0.713. The van der Waals surface area contributed by atoms with Gasteiger partial charge in [-0.3, -0.25) is 9.48 Å². The smallest absolute Gasteiger partial charge is 0.273 e. The molecule has 0 aliphatic carbocycles. The average Bonchev–Trinajstić information content (AvgIpc) is 2.79. The highest BCUT2D eigenvalue weighted by Crippen LogP contribution is 2.06. The van der Waals surface area contributed by atoms with E-state index in [-0.39, 0.29) is 11.9 Å². The molecule has 1 unspecified atom stereocenters. The minimum Gasteiger partial charge on any atom is -0.379 e. The number of carbonyl (C=O) groups excluding carboxylic acids is 1. The molecule has 0 bridgehead atoms. The summed E-state index contributed by atoms with van der Waals surface area (Å²) in [7, 11) is 0. The van der Waals surface area contributed by atoms with E-state index in [0.717, 1.165) is 19.4 Å². The van der Waals surface area contributed by atoms with Crippen LogP contribution in [0.2, 0.25) is 0 Å². The van der Waals surface area contributed by atoms with Crippen LogP contribution in [0.5, 0.6) is 0 Å². The Balaban J connectivity index is 1.89. The number of nitrogens with one attached hydrogen (secondary N) is 1. The highest BCUT2D eigenvalue weighted by Gasteiger charge is 2.18. The van der Waals surface area contributed by atoms with Gasteiger partial charge in [0.25, 0.3) is 5.91 Å². The molecule has 0 saturated carbocycles. The van der Waals surface area contributed by atoms with Crippen LogP contribution in [0.25, 0.3) is 0 Å². The molecule has 1 aliphatic rings. The molecule has 7 heteroatoms. The van der Waals surface area contributed by atoms with Crippen molar-refractivity contribution in [1.29, 1.82) is 0 Å². The molecule has 0 spiro atoms. The van der Waals surface area contributed by atoms with Gasteiger partial charge in [0.15, 0.2) is 5.69 Å². The van der Waals surface area contributed by atoms with Gasteiger partial charge in [-0.2, -0.15) is 0 Å². The van der Waals surface area contributed by atoms with Crippen LogP contribution in [0.4, 0.5) is 0 Å². The largest absolute Gasteiger partial charge is 0.379 e. The number of ether oxygens (including phenoxy) is 1. The molecule has 3 N–H and O–H groups in total. The molecule has 0 radical (unpaired) electrons. The lowest BCUT2D eigenvalue weighted by atomic mass is 10.1. The zero-order valence-electron chi connectivity index (χ0n) is 9.63. The first-order valence-corrected chi connectivity index (χ1v) is 5.78. The van der Waals surface area contributed by atoms with E-state index < -0.39 is 0 Å². The van der Waals surface area contributed by atoms with E-state index in [1.165, 1.54) is 0 Å². The van der Waals surface area contributed by atoms with Gasteiger partial charge in [0.2, 0.25) is 0 Å². The van der Waals surface area contributed by atoms with Crippen molar-refractivity contribution in [2.75, 3.05) is 19.8 Å². The molecule has 17 heavy (non-hydrogen) atoms. The second kappa shape index (κ2) is 5.74. The number of nitrogens with zero attached hydrogens (tertiary/aromatic N) is 3. The van der Waals surface area contributed by atoms with Gasteiger partial charge < -0.3 is 15.8 Å². The van der Waals surface area contributed by atoms with Crippen molar-refractivity contribution in [2.24, 2.45) is 5.73 Å². The first kappa shape index (κ1) is 12.0. The monoisotopic (exact) mass is 239 g/mol. The molecule has 1 atom stereocenters. The summed E-state index contributed by atoms with van der Waals surface area (Å²) in [5.41, 5.74) is 5.71. The first-order valence-electron chi connectivity index (χ1n) is 5.78. The highest BCUT2D eigenvalue weighted by atomic mass is 16.5. The van der Waals surface area contributed by atoms with Crippen LogP contribution < -0.4 is 11.1 Å². The lowest BCUT2D eigenvalue weighted by Crippen LogP contribution is -2.40. The third-order valence-electron chi connectivity index (χ3n) is 2.63. The second-order valence-corrected chi connectivity index (χ2v) is 4.04. The molecule has 1 amide bonds. The van der Waals surface area contributed by atoms with E-state index in [4.69, 9.17) is 10.5 Å². The van der Waals surface area contributed by atoms with E-state index in [9.17, 15) is 4.79 Å². The van der Waals surface area contributed by atoms with Gasteiger partial charge in [-0.1, -0.05) is 5.21 Å². The van der Waals surface area contributed by atoms with Crippen molar-refractivity contribution in [3.05, 3.63) is 11.9 Å². The summed E-state index contributed by atoms with van der Waals surface area (Å²) in [4.78, 5) is 11.8. The number of carbonyl (C=O) groups is 1. The van der Waals surface area contributed by atoms with Gasteiger partial charge in [-0.05, 0) is 12.8 Å². The summed E-state index contributed by atoms with van der Waals surface area (Å²) in [5.74, 6) is -0.205. The predicted molar refractivity (Wildman–Crippen MR) is 60.4 cm³/mol. The Hall–Kier alpha value is -1.47. The maximum absolute atomic E-state index is 11.8. The lowest BCUT2D eigenvalue weighted by Gasteiger charge is -2.22. The molecular weight excluding hydrogens is 222 g/mol. The molecule has 1 aromatic heterocycles. The van der Waals surface area contributed by atoms with Crippen molar-refractivity contribution in [3.63, 3.8) is 0 Å². The summed E-state index contributed by atoms with van der Waals surface area (Å²) in [5, 5.41) is 10.5. The number of hydrogen-bond acceptors (Lipinski definition) is 5. The Morgan fingerprint density at radius 2 is 2.59 bits per heavy atom. The fraction of sp³-hybridized carbons (Fsp3) is 0.700. The number of hydrogen-bond donors (Lipinski definition) is 2. The number of aromatic nitrogens is 3. The molecule has 7 nitrogen and oxygen atoms in total. The van der Waals surface area contributed by atoms with E-state index >= 15 is 0 Å². The molecule has 1 saturated heterocycles. The summed E-state index contributed by atoms with van der Waals surface area (Å²) in [6.07, 6.45) is 3.53. The summed E-state index contributed by atoms with van der Waals surface area (Å²) in [6.45, 7) is 2.38. The Morgan fingerprint density at radius 1 is 1.71 bits per heavy atom. The van der Waals surface area contributed by atoms with E-state index in [0.29, 0.717) is 25.4 Å². The van der Waals surface area contributed by atoms with Crippen LogP contribution in [0.3, 0.4) is 0 Å². The van der Waals surface area contributed by atoms with Gasteiger partial charge in [-0.15, -0.1) is 5.10 Å². The van der Waals surface area contributed by atoms with Gasteiger partial charge in [0, 0.05) is 13.2 Å². The van der Waals surface area contributed by atoms with E-state index in [1.54, 1.807) is 10.9 Å². The fourth-order valence-corrected chi connectivity index (χ4v) is 1.76. The third kappa shape index (κ3) is 3.24. The van der Waals surface area contributed by atoms with Crippen molar-refractivity contribution in [3.8, 4) is 0 Å². The van der Waals surface area contributed by atoms with Crippen molar-refractivity contribution in [2.45, 2.75) is 25.4 Å². The number of nitrogens with two attached hydrogens (primary N) is 1. The maximum atomic E-state index is 11.8. The fourth-order valence-electron chi connectivity index (χ4n) is 1.76. The lowest BCUT2D eigenvalue weighted by molar-refractivity contribution is 0.0622. The average molecular weight is 239 g/mol. The van der Waals surface area contributed by atoms with Crippen LogP contribution in [-0.4, -0.2) is 46.7 Å². The highest BCUT2D eigenvalue weighted by molar-refractivity contribution is 5.92.